The van der Waals surface area contributed by atoms with Gasteiger partial charge >= 0.3 is 12.0 Å². The highest BCUT2D eigenvalue weighted by atomic mass is 79.9. The van der Waals surface area contributed by atoms with Crippen LogP contribution >= 0.6 is 15.9 Å². The molecule has 6 heteroatoms. The van der Waals surface area contributed by atoms with Gasteiger partial charge in [0.1, 0.15) is 6.54 Å². The monoisotopic (exact) mass is 300 g/mol. The number of carboxylic acids is 1. The van der Waals surface area contributed by atoms with Gasteiger partial charge in [-0.3, -0.25) is 4.79 Å². The maximum absolute atomic E-state index is 11.6. The van der Waals surface area contributed by atoms with Crippen LogP contribution in [0.4, 0.5) is 10.5 Å². The van der Waals surface area contributed by atoms with Gasteiger partial charge in [-0.15, -0.1) is 0 Å². The van der Waals surface area contributed by atoms with E-state index >= 15 is 0 Å². The summed E-state index contributed by atoms with van der Waals surface area (Å²) >= 11 is 3.33. The molecular weight excluding hydrogens is 288 g/mol. The SMILES string of the molecule is Cc1ccc(NC(=O)N(C)CC(=O)O)c(Br)c1. The molecule has 0 bridgehead atoms. The van der Waals surface area contributed by atoms with Crippen LogP contribution in [0.15, 0.2) is 22.7 Å². The van der Waals surface area contributed by atoms with Crippen LogP contribution in [0.3, 0.4) is 0 Å². The molecular formula is C11H13BrN2O3. The van der Waals surface area contributed by atoms with Crippen molar-refractivity contribution in [2.75, 3.05) is 18.9 Å². The number of aliphatic carboxylic acids is 1. The number of hydrogen-bond acceptors (Lipinski definition) is 2. The van der Waals surface area contributed by atoms with E-state index in [0.29, 0.717) is 5.69 Å². The average Bonchev–Trinajstić information content (AvgIpc) is 2.21. The van der Waals surface area contributed by atoms with Crippen LogP contribution in [0.1, 0.15) is 5.56 Å². The molecule has 1 aromatic carbocycles. The average molecular weight is 301 g/mol. The molecule has 0 fully saturated rings. The van der Waals surface area contributed by atoms with Crippen LogP contribution in [0.5, 0.6) is 0 Å². The van der Waals surface area contributed by atoms with Crippen molar-refractivity contribution in [3.05, 3.63) is 28.2 Å². The van der Waals surface area contributed by atoms with Gasteiger partial charge in [-0.1, -0.05) is 6.07 Å². The molecule has 0 atom stereocenters. The van der Waals surface area contributed by atoms with Crippen molar-refractivity contribution >= 4 is 33.6 Å². The van der Waals surface area contributed by atoms with Crippen molar-refractivity contribution in [3.63, 3.8) is 0 Å². The molecule has 0 spiro atoms. The van der Waals surface area contributed by atoms with E-state index in [-0.39, 0.29) is 6.54 Å². The van der Waals surface area contributed by atoms with Gasteiger partial charge in [0.15, 0.2) is 0 Å². The molecule has 0 saturated carbocycles. The smallest absolute Gasteiger partial charge is 0.323 e. The zero-order chi connectivity index (χ0) is 13.0. The fourth-order valence-corrected chi connectivity index (χ4v) is 1.80. The van der Waals surface area contributed by atoms with E-state index in [1.807, 2.05) is 19.1 Å². The van der Waals surface area contributed by atoms with Crippen LogP contribution < -0.4 is 5.32 Å². The van der Waals surface area contributed by atoms with Crippen LogP contribution in [0.2, 0.25) is 0 Å². The third-order valence-electron chi connectivity index (χ3n) is 2.09. The first kappa shape index (κ1) is 13.5. The Hall–Kier alpha value is -1.56. The Kier molecular flexibility index (Phi) is 4.51. The summed E-state index contributed by atoms with van der Waals surface area (Å²) < 4.78 is 0.759. The molecule has 0 heterocycles. The Bertz CT molecular complexity index is 448. The lowest BCUT2D eigenvalue weighted by Crippen LogP contribution is -2.35. The van der Waals surface area contributed by atoms with Crippen LogP contribution in [-0.2, 0) is 4.79 Å². The lowest BCUT2D eigenvalue weighted by atomic mass is 10.2. The molecule has 1 rings (SSSR count). The lowest BCUT2D eigenvalue weighted by Gasteiger charge is -2.16. The molecule has 2 N–H and O–H groups in total. The number of likely N-dealkylation sites (N-methyl/N-ethyl adjacent to an activating group) is 1. The molecule has 1 aromatic rings. The molecule has 5 nitrogen and oxygen atoms in total. The number of nitrogens with one attached hydrogen (secondary N) is 1. The van der Waals surface area contributed by atoms with Gasteiger partial charge in [0.25, 0.3) is 0 Å². The number of carbonyl (C=O) groups is 2. The Morgan fingerprint density at radius 2 is 2.12 bits per heavy atom. The number of benzene rings is 1. The van der Waals surface area contributed by atoms with E-state index in [1.54, 1.807) is 6.07 Å². The minimum atomic E-state index is -1.05. The van der Waals surface area contributed by atoms with Crippen molar-refractivity contribution in [1.82, 2.24) is 4.90 Å². The minimum absolute atomic E-state index is 0.338. The summed E-state index contributed by atoms with van der Waals surface area (Å²) in [5.74, 6) is -1.05. The van der Waals surface area contributed by atoms with Gasteiger partial charge in [0.2, 0.25) is 0 Å². The molecule has 0 saturated heterocycles. The number of halogens is 1. The largest absolute Gasteiger partial charge is 0.480 e. The first-order valence-corrected chi connectivity index (χ1v) is 5.69. The number of carboxylic acid groups (broad SMARTS) is 1. The number of amides is 2. The van der Waals surface area contributed by atoms with Gasteiger partial charge in [-0.25, -0.2) is 4.79 Å². The van der Waals surface area contributed by atoms with Crippen LogP contribution in [-0.4, -0.2) is 35.6 Å². The third-order valence-corrected chi connectivity index (χ3v) is 2.74. The van der Waals surface area contributed by atoms with Gasteiger partial charge < -0.3 is 15.3 Å². The third kappa shape index (κ3) is 4.07. The number of nitrogens with zero attached hydrogens (tertiary/aromatic N) is 1. The second kappa shape index (κ2) is 5.67. The van der Waals surface area contributed by atoms with Gasteiger partial charge in [0, 0.05) is 11.5 Å². The number of urea groups is 1. The van der Waals surface area contributed by atoms with Gasteiger partial charge in [0.05, 0.1) is 5.69 Å². The Morgan fingerprint density at radius 3 is 2.65 bits per heavy atom. The Balaban J connectivity index is 2.71. The van der Waals surface area contributed by atoms with Crippen molar-refractivity contribution < 1.29 is 14.7 Å². The highest BCUT2D eigenvalue weighted by Crippen LogP contribution is 2.23. The van der Waals surface area contributed by atoms with E-state index < -0.39 is 12.0 Å². The normalized spacial score (nSPS) is 9.82. The molecule has 0 aromatic heterocycles. The predicted molar refractivity (Wildman–Crippen MR) is 68.2 cm³/mol. The van der Waals surface area contributed by atoms with Gasteiger partial charge in [-0.2, -0.15) is 0 Å². The quantitative estimate of drug-likeness (QED) is 0.900. The highest BCUT2D eigenvalue weighted by molar-refractivity contribution is 9.10. The van der Waals surface area contributed by atoms with Crippen molar-refractivity contribution in [3.8, 4) is 0 Å². The maximum Gasteiger partial charge on any atom is 0.323 e. The Morgan fingerprint density at radius 1 is 1.47 bits per heavy atom. The summed E-state index contributed by atoms with van der Waals surface area (Å²) in [6.45, 7) is 1.60. The standard InChI is InChI=1S/C11H13BrN2O3/c1-7-3-4-9(8(12)5-7)13-11(17)14(2)6-10(15)16/h3-5H,6H2,1-2H3,(H,13,17)(H,15,16). The van der Waals surface area contributed by atoms with Crippen LogP contribution in [0.25, 0.3) is 0 Å². The number of anilines is 1. The molecule has 2 amide bonds. The summed E-state index contributed by atoms with van der Waals surface area (Å²) in [4.78, 5) is 23.2. The van der Waals surface area contributed by atoms with E-state index in [4.69, 9.17) is 5.11 Å². The van der Waals surface area contributed by atoms with E-state index in [1.165, 1.54) is 7.05 Å². The molecule has 0 aliphatic heterocycles. The van der Waals surface area contributed by atoms with Crippen molar-refractivity contribution in [2.24, 2.45) is 0 Å². The highest BCUT2D eigenvalue weighted by Gasteiger charge is 2.13. The second-order valence-electron chi connectivity index (χ2n) is 3.66. The predicted octanol–water partition coefficient (Wildman–Crippen LogP) is 2.31. The topological polar surface area (TPSA) is 69.6 Å². The molecule has 0 radical (unpaired) electrons. The summed E-state index contributed by atoms with van der Waals surface area (Å²) in [6.07, 6.45) is 0. The molecule has 0 unspecified atom stereocenters. The number of rotatable bonds is 3. The van der Waals surface area contributed by atoms with E-state index in [2.05, 4.69) is 21.2 Å². The lowest BCUT2D eigenvalue weighted by molar-refractivity contribution is -0.137. The maximum atomic E-state index is 11.6. The fourth-order valence-electron chi connectivity index (χ4n) is 1.21. The zero-order valence-electron chi connectivity index (χ0n) is 9.53. The molecule has 0 aliphatic rings. The van der Waals surface area contributed by atoms with E-state index in [9.17, 15) is 9.59 Å². The van der Waals surface area contributed by atoms with Gasteiger partial charge in [-0.05, 0) is 40.5 Å². The molecule has 0 aliphatic carbocycles. The van der Waals surface area contributed by atoms with Crippen molar-refractivity contribution in [1.29, 1.82) is 0 Å². The summed E-state index contributed by atoms with van der Waals surface area (Å²) in [7, 11) is 1.42. The number of aryl methyl sites for hydroxylation is 1. The number of carbonyl (C=O) groups excluding carboxylic acids is 1. The first-order chi connectivity index (χ1) is 7.90. The summed E-state index contributed by atoms with van der Waals surface area (Å²) in [6, 6.07) is 5.02. The summed E-state index contributed by atoms with van der Waals surface area (Å²) in [5, 5.41) is 11.2. The molecule has 17 heavy (non-hydrogen) atoms. The van der Waals surface area contributed by atoms with Crippen molar-refractivity contribution in [2.45, 2.75) is 6.92 Å². The zero-order valence-corrected chi connectivity index (χ0v) is 11.1. The second-order valence-corrected chi connectivity index (χ2v) is 4.52. The first-order valence-electron chi connectivity index (χ1n) is 4.90. The fraction of sp³-hybridized carbons (Fsp3) is 0.273. The summed E-state index contributed by atoms with van der Waals surface area (Å²) in [5.41, 5.74) is 1.67. The van der Waals surface area contributed by atoms with E-state index in [0.717, 1.165) is 14.9 Å². The Labute approximate surface area is 108 Å². The minimum Gasteiger partial charge on any atom is -0.480 e. The van der Waals surface area contributed by atoms with Crippen LogP contribution in [0, 0.1) is 6.92 Å². The molecule has 92 valence electrons. The number of hydrogen-bond donors (Lipinski definition) is 2.